The van der Waals surface area contributed by atoms with Gasteiger partial charge in [-0.1, -0.05) is 23.7 Å². The molecule has 0 spiro atoms. The predicted molar refractivity (Wildman–Crippen MR) is 119 cm³/mol. The molecule has 8 nitrogen and oxygen atoms in total. The number of nitrogens with one attached hydrogen (secondary N) is 4. The van der Waals surface area contributed by atoms with Crippen LogP contribution in [-0.4, -0.2) is 43.1 Å². The summed E-state index contributed by atoms with van der Waals surface area (Å²) in [4.78, 5) is 36.6. The van der Waals surface area contributed by atoms with Crippen LogP contribution in [-0.2, 0) is 9.53 Å². The van der Waals surface area contributed by atoms with Crippen molar-refractivity contribution in [3.8, 4) is 0 Å². The van der Waals surface area contributed by atoms with Gasteiger partial charge in [-0.05, 0) is 56.2 Å². The number of hydrogen-bond acceptors (Lipinski definition) is 4. The van der Waals surface area contributed by atoms with E-state index in [4.69, 9.17) is 16.3 Å². The number of rotatable bonds is 7. The van der Waals surface area contributed by atoms with Crippen LogP contribution >= 0.6 is 11.6 Å². The van der Waals surface area contributed by atoms with Crippen LogP contribution in [0.1, 0.15) is 30.1 Å². The van der Waals surface area contributed by atoms with Gasteiger partial charge >= 0.3 is 6.03 Å². The molecule has 1 heterocycles. The highest BCUT2D eigenvalue weighted by Gasteiger charge is 2.18. The second-order valence-electron chi connectivity index (χ2n) is 7.21. The summed E-state index contributed by atoms with van der Waals surface area (Å²) in [5.74, 6) is -0.808. The Balaban J connectivity index is 1.46. The first kappa shape index (κ1) is 22.6. The zero-order valence-corrected chi connectivity index (χ0v) is 17.9. The molecule has 0 aromatic heterocycles. The van der Waals surface area contributed by atoms with Gasteiger partial charge in [-0.2, -0.15) is 0 Å². The minimum Gasteiger partial charge on any atom is -0.376 e. The van der Waals surface area contributed by atoms with E-state index in [1.165, 1.54) is 0 Å². The fourth-order valence-corrected chi connectivity index (χ4v) is 3.28. The first-order valence-corrected chi connectivity index (χ1v) is 10.4. The Morgan fingerprint density at radius 2 is 1.74 bits per heavy atom. The number of hydrogen-bond donors (Lipinski definition) is 4. The summed E-state index contributed by atoms with van der Waals surface area (Å²) < 4.78 is 5.46. The van der Waals surface area contributed by atoms with Gasteiger partial charge in [-0.25, -0.2) is 4.79 Å². The maximum atomic E-state index is 12.4. The number of carbonyl (C=O) groups is 3. The first-order valence-electron chi connectivity index (χ1n) is 10.0. The van der Waals surface area contributed by atoms with Crippen LogP contribution in [0, 0.1) is 0 Å². The van der Waals surface area contributed by atoms with E-state index in [2.05, 4.69) is 21.3 Å². The lowest BCUT2D eigenvalue weighted by atomic mass is 10.2. The van der Waals surface area contributed by atoms with Crippen LogP contribution in [0.4, 0.5) is 16.2 Å². The van der Waals surface area contributed by atoms with Crippen molar-refractivity contribution in [2.24, 2.45) is 0 Å². The molecule has 31 heavy (non-hydrogen) atoms. The number of halogens is 1. The molecule has 164 valence electrons. The highest BCUT2D eigenvalue weighted by atomic mass is 35.5. The van der Waals surface area contributed by atoms with E-state index in [0.29, 0.717) is 28.5 Å². The highest BCUT2D eigenvalue weighted by molar-refractivity contribution is 6.33. The molecule has 2 aromatic carbocycles. The molecular weight excluding hydrogens is 420 g/mol. The first-order chi connectivity index (χ1) is 14.9. The summed E-state index contributed by atoms with van der Waals surface area (Å²) in [5.41, 5.74) is 1.43. The lowest BCUT2D eigenvalue weighted by Crippen LogP contribution is -2.41. The van der Waals surface area contributed by atoms with Crippen molar-refractivity contribution in [2.45, 2.75) is 31.9 Å². The van der Waals surface area contributed by atoms with Gasteiger partial charge in [0.15, 0.2) is 0 Å². The third kappa shape index (κ3) is 6.70. The van der Waals surface area contributed by atoms with Crippen molar-refractivity contribution in [3.63, 3.8) is 0 Å². The molecule has 1 saturated heterocycles. The zero-order valence-electron chi connectivity index (χ0n) is 17.1. The number of amides is 4. The van der Waals surface area contributed by atoms with Crippen molar-refractivity contribution in [3.05, 3.63) is 59.1 Å². The van der Waals surface area contributed by atoms with Crippen molar-refractivity contribution in [1.29, 1.82) is 0 Å². The fraction of sp³-hybridized carbons (Fsp3) is 0.318. The van der Waals surface area contributed by atoms with Gasteiger partial charge in [-0.15, -0.1) is 0 Å². The van der Waals surface area contributed by atoms with Gasteiger partial charge in [0, 0.05) is 24.5 Å². The Hall–Kier alpha value is -3.10. The molecule has 1 aliphatic rings. The molecule has 0 aliphatic carbocycles. The monoisotopic (exact) mass is 444 g/mol. The largest absolute Gasteiger partial charge is 0.376 e. The number of ether oxygens (including phenoxy) is 1. The lowest BCUT2D eigenvalue weighted by Gasteiger charge is -2.15. The molecule has 4 amide bonds. The minimum absolute atomic E-state index is 0.0729. The Kier molecular flexibility index (Phi) is 7.86. The van der Waals surface area contributed by atoms with E-state index < -0.39 is 11.9 Å². The van der Waals surface area contributed by atoms with Crippen LogP contribution in [0.15, 0.2) is 48.5 Å². The number of carbonyl (C=O) groups excluding carboxylic acids is 3. The predicted octanol–water partition coefficient (Wildman–Crippen LogP) is 3.40. The normalized spacial score (nSPS) is 16.3. The minimum atomic E-state index is -0.773. The van der Waals surface area contributed by atoms with E-state index >= 15 is 0 Å². The van der Waals surface area contributed by atoms with Crippen LogP contribution in [0.2, 0.25) is 5.02 Å². The number of anilines is 2. The van der Waals surface area contributed by atoms with Gasteiger partial charge in [0.05, 0.1) is 16.7 Å². The quantitative estimate of drug-likeness (QED) is 0.524. The number of benzene rings is 2. The summed E-state index contributed by atoms with van der Waals surface area (Å²) in [6.45, 7) is 2.79. The molecular formula is C22H25ClN4O4. The van der Waals surface area contributed by atoms with E-state index in [1.807, 2.05) is 0 Å². The third-order valence-corrected chi connectivity index (χ3v) is 5.11. The van der Waals surface area contributed by atoms with Crippen molar-refractivity contribution < 1.29 is 19.1 Å². The van der Waals surface area contributed by atoms with E-state index in [9.17, 15) is 14.4 Å². The summed E-state index contributed by atoms with van der Waals surface area (Å²) in [6.07, 6.45) is 2.04. The maximum Gasteiger partial charge on any atom is 0.319 e. The molecule has 0 bridgehead atoms. The Morgan fingerprint density at radius 1 is 1.06 bits per heavy atom. The Morgan fingerprint density at radius 3 is 2.39 bits per heavy atom. The van der Waals surface area contributed by atoms with E-state index in [1.54, 1.807) is 55.5 Å². The standard InChI is InChI=1S/C22H25ClN4O4/c1-14(25-21(29)18-6-2-3-7-19(18)23)20(28)26-15-8-10-16(11-9-15)27-22(30)24-13-17-5-4-12-31-17/h2-3,6-11,14,17H,4-5,12-13H2,1H3,(H,25,29)(H,26,28)(H2,24,27,30). The van der Waals surface area contributed by atoms with Crippen molar-refractivity contribution in [1.82, 2.24) is 10.6 Å². The second-order valence-corrected chi connectivity index (χ2v) is 7.62. The summed E-state index contributed by atoms with van der Waals surface area (Å²) in [7, 11) is 0. The van der Waals surface area contributed by atoms with Gasteiger partial charge in [0.25, 0.3) is 5.91 Å². The number of urea groups is 1. The van der Waals surface area contributed by atoms with Crippen LogP contribution in [0.5, 0.6) is 0 Å². The third-order valence-electron chi connectivity index (χ3n) is 4.78. The maximum absolute atomic E-state index is 12.4. The molecule has 2 aromatic rings. The average molecular weight is 445 g/mol. The summed E-state index contributed by atoms with van der Waals surface area (Å²) >= 11 is 6.01. The zero-order chi connectivity index (χ0) is 22.2. The Bertz CT molecular complexity index is 929. The second kappa shape index (κ2) is 10.8. The van der Waals surface area contributed by atoms with Crippen molar-refractivity contribution in [2.75, 3.05) is 23.8 Å². The average Bonchev–Trinajstić information content (AvgIpc) is 3.27. The molecule has 4 N–H and O–H groups in total. The smallest absolute Gasteiger partial charge is 0.319 e. The molecule has 2 atom stereocenters. The van der Waals surface area contributed by atoms with Gasteiger partial charge in [-0.3, -0.25) is 9.59 Å². The highest BCUT2D eigenvalue weighted by Crippen LogP contribution is 2.16. The Labute approximate surface area is 185 Å². The van der Waals surface area contributed by atoms with Crippen molar-refractivity contribution >= 4 is 40.8 Å². The molecule has 1 fully saturated rings. The fourth-order valence-electron chi connectivity index (χ4n) is 3.06. The molecule has 9 heteroatoms. The SMILES string of the molecule is CC(NC(=O)c1ccccc1Cl)C(=O)Nc1ccc(NC(=O)NCC2CCCO2)cc1. The van der Waals surface area contributed by atoms with Crippen LogP contribution < -0.4 is 21.3 Å². The van der Waals surface area contributed by atoms with E-state index in [-0.39, 0.29) is 18.0 Å². The van der Waals surface area contributed by atoms with Gasteiger partial charge in [0.2, 0.25) is 5.91 Å². The molecule has 0 saturated carbocycles. The van der Waals surface area contributed by atoms with Gasteiger partial charge < -0.3 is 26.0 Å². The molecule has 1 aliphatic heterocycles. The summed E-state index contributed by atoms with van der Waals surface area (Å²) in [6, 6.07) is 12.2. The summed E-state index contributed by atoms with van der Waals surface area (Å²) in [5, 5.41) is 11.2. The molecule has 3 rings (SSSR count). The van der Waals surface area contributed by atoms with Crippen LogP contribution in [0.3, 0.4) is 0 Å². The lowest BCUT2D eigenvalue weighted by molar-refractivity contribution is -0.117. The van der Waals surface area contributed by atoms with Crippen LogP contribution in [0.25, 0.3) is 0 Å². The topological polar surface area (TPSA) is 109 Å². The van der Waals surface area contributed by atoms with E-state index in [0.717, 1.165) is 19.4 Å². The van der Waals surface area contributed by atoms with Gasteiger partial charge in [0.1, 0.15) is 6.04 Å². The molecule has 0 radical (unpaired) electrons. The molecule has 2 unspecified atom stereocenters.